The number of hydrogen-bond acceptors (Lipinski definition) is 5. The molecule has 0 bridgehead atoms. The van der Waals surface area contributed by atoms with E-state index in [4.69, 9.17) is 5.11 Å². The van der Waals surface area contributed by atoms with Crippen LogP contribution in [0.25, 0.3) is 0 Å². The second kappa shape index (κ2) is 6.07. The van der Waals surface area contributed by atoms with Crippen molar-refractivity contribution in [2.24, 2.45) is 0 Å². The first-order valence-electron chi connectivity index (χ1n) is 5.86. The summed E-state index contributed by atoms with van der Waals surface area (Å²) in [4.78, 5) is 11.6. The summed E-state index contributed by atoms with van der Waals surface area (Å²) < 4.78 is 0. The normalized spacial score (nSPS) is 14.2. The molecule has 0 radical (unpaired) electrons. The van der Waals surface area contributed by atoms with Gasteiger partial charge in [-0.2, -0.15) is 16.9 Å². The second-order valence-electron chi connectivity index (χ2n) is 3.97. The smallest absolute Gasteiger partial charge is 0.269 e. The minimum absolute atomic E-state index is 0.0704. The molecule has 0 amide bonds. The van der Waals surface area contributed by atoms with Gasteiger partial charge in [-0.3, -0.25) is 4.79 Å². The fourth-order valence-corrected chi connectivity index (χ4v) is 2.64. The van der Waals surface area contributed by atoms with Gasteiger partial charge < -0.3 is 10.4 Å². The number of aliphatic hydroxyl groups excluding tert-OH is 1. The molecular formula is C11H17N3O2S. The third-order valence-corrected chi connectivity index (χ3v) is 3.75. The SMILES string of the molecule is O=c1[nH]nc(CCSCCO)c2c1CCCN2. The monoisotopic (exact) mass is 255 g/mol. The van der Waals surface area contributed by atoms with Crippen molar-refractivity contribution in [2.45, 2.75) is 19.3 Å². The van der Waals surface area contributed by atoms with Crippen LogP contribution >= 0.6 is 11.8 Å². The van der Waals surface area contributed by atoms with E-state index in [2.05, 4.69) is 15.5 Å². The van der Waals surface area contributed by atoms with E-state index in [1.54, 1.807) is 11.8 Å². The molecule has 5 nitrogen and oxygen atoms in total. The van der Waals surface area contributed by atoms with E-state index in [-0.39, 0.29) is 12.2 Å². The van der Waals surface area contributed by atoms with Crippen LogP contribution in [0, 0.1) is 0 Å². The van der Waals surface area contributed by atoms with Gasteiger partial charge in [0.1, 0.15) is 0 Å². The van der Waals surface area contributed by atoms with Crippen LogP contribution in [0.15, 0.2) is 4.79 Å². The average Bonchev–Trinajstić information content (AvgIpc) is 2.37. The van der Waals surface area contributed by atoms with E-state index >= 15 is 0 Å². The Labute approximate surface area is 104 Å². The van der Waals surface area contributed by atoms with Crippen LogP contribution in [-0.2, 0) is 12.8 Å². The average molecular weight is 255 g/mol. The predicted octanol–water partition coefficient (Wildman–Crippen LogP) is 0.396. The van der Waals surface area contributed by atoms with Crippen molar-refractivity contribution in [1.82, 2.24) is 10.2 Å². The van der Waals surface area contributed by atoms with Gasteiger partial charge in [0, 0.05) is 24.3 Å². The highest BCUT2D eigenvalue weighted by Gasteiger charge is 2.16. The van der Waals surface area contributed by atoms with Gasteiger partial charge in [-0.05, 0) is 18.6 Å². The minimum Gasteiger partial charge on any atom is -0.396 e. The Morgan fingerprint density at radius 2 is 2.29 bits per heavy atom. The van der Waals surface area contributed by atoms with Crippen LogP contribution in [-0.4, -0.2) is 40.0 Å². The Morgan fingerprint density at radius 3 is 3.12 bits per heavy atom. The standard InChI is InChI=1S/C11H17N3O2S/c15-5-7-17-6-3-9-10-8(2-1-4-12-10)11(16)14-13-9/h12,15H,1-7H2,(H,14,16). The van der Waals surface area contributed by atoms with Gasteiger partial charge >= 0.3 is 0 Å². The van der Waals surface area contributed by atoms with Crippen molar-refractivity contribution < 1.29 is 5.11 Å². The van der Waals surface area contributed by atoms with Crippen LogP contribution in [0.5, 0.6) is 0 Å². The summed E-state index contributed by atoms with van der Waals surface area (Å²) in [6.07, 6.45) is 2.65. The highest BCUT2D eigenvalue weighted by molar-refractivity contribution is 7.99. The topological polar surface area (TPSA) is 78.0 Å². The number of fused-ring (bicyclic) bond motifs is 1. The molecule has 1 aromatic heterocycles. The molecule has 1 aliphatic rings. The first-order chi connectivity index (χ1) is 8.33. The quantitative estimate of drug-likeness (QED) is 0.664. The van der Waals surface area contributed by atoms with Crippen molar-refractivity contribution in [2.75, 3.05) is 30.0 Å². The van der Waals surface area contributed by atoms with Crippen molar-refractivity contribution in [1.29, 1.82) is 0 Å². The number of aliphatic hydroxyl groups is 1. The van der Waals surface area contributed by atoms with Crippen molar-refractivity contribution in [3.8, 4) is 0 Å². The van der Waals surface area contributed by atoms with Gasteiger partial charge in [-0.1, -0.05) is 0 Å². The molecule has 17 heavy (non-hydrogen) atoms. The zero-order valence-electron chi connectivity index (χ0n) is 9.66. The molecule has 1 aliphatic heterocycles. The fourth-order valence-electron chi connectivity index (χ4n) is 1.97. The summed E-state index contributed by atoms with van der Waals surface area (Å²) in [5.41, 5.74) is 2.64. The maximum absolute atomic E-state index is 11.6. The van der Waals surface area contributed by atoms with E-state index in [9.17, 15) is 4.79 Å². The van der Waals surface area contributed by atoms with E-state index in [0.717, 1.165) is 54.3 Å². The molecule has 6 heteroatoms. The highest BCUT2D eigenvalue weighted by Crippen LogP contribution is 2.22. The number of nitrogens with one attached hydrogen (secondary N) is 2. The number of hydrogen-bond donors (Lipinski definition) is 3. The summed E-state index contributed by atoms with van der Waals surface area (Å²) in [7, 11) is 0. The molecule has 0 aliphatic carbocycles. The van der Waals surface area contributed by atoms with Crippen LogP contribution in [0.4, 0.5) is 5.69 Å². The number of aromatic amines is 1. The molecule has 2 heterocycles. The summed E-state index contributed by atoms with van der Waals surface area (Å²) >= 11 is 1.69. The molecule has 0 aromatic carbocycles. The Balaban J connectivity index is 2.09. The van der Waals surface area contributed by atoms with E-state index in [0.29, 0.717) is 0 Å². The van der Waals surface area contributed by atoms with Gasteiger partial charge in [0.15, 0.2) is 0 Å². The zero-order chi connectivity index (χ0) is 12.1. The van der Waals surface area contributed by atoms with E-state index in [1.807, 2.05) is 0 Å². The van der Waals surface area contributed by atoms with Gasteiger partial charge in [-0.15, -0.1) is 0 Å². The molecule has 0 atom stereocenters. The van der Waals surface area contributed by atoms with Crippen LogP contribution in [0.3, 0.4) is 0 Å². The van der Waals surface area contributed by atoms with E-state index < -0.39 is 0 Å². The lowest BCUT2D eigenvalue weighted by molar-refractivity contribution is 0.322. The zero-order valence-corrected chi connectivity index (χ0v) is 10.5. The Morgan fingerprint density at radius 1 is 1.41 bits per heavy atom. The Hall–Kier alpha value is -1.01. The largest absolute Gasteiger partial charge is 0.396 e. The summed E-state index contributed by atoms with van der Waals surface area (Å²) in [5.74, 6) is 1.66. The molecule has 3 N–H and O–H groups in total. The van der Waals surface area contributed by atoms with E-state index in [1.165, 1.54) is 0 Å². The first-order valence-corrected chi connectivity index (χ1v) is 7.01. The Bertz CT molecular complexity index is 433. The first kappa shape index (κ1) is 12.4. The molecule has 0 saturated carbocycles. The number of thioether (sulfide) groups is 1. The van der Waals surface area contributed by atoms with Gasteiger partial charge in [0.2, 0.25) is 0 Å². The molecule has 2 rings (SSSR count). The van der Waals surface area contributed by atoms with Gasteiger partial charge in [0.25, 0.3) is 5.56 Å². The fraction of sp³-hybridized carbons (Fsp3) is 0.636. The molecular weight excluding hydrogens is 238 g/mol. The van der Waals surface area contributed by atoms with Crippen molar-refractivity contribution in [3.63, 3.8) is 0 Å². The maximum atomic E-state index is 11.6. The number of nitrogens with zero attached hydrogens (tertiary/aromatic N) is 1. The lowest BCUT2D eigenvalue weighted by atomic mass is 10.0. The van der Waals surface area contributed by atoms with Crippen LogP contribution < -0.4 is 10.9 Å². The number of H-pyrrole nitrogens is 1. The summed E-state index contributed by atoms with van der Waals surface area (Å²) in [6, 6.07) is 0. The lowest BCUT2D eigenvalue weighted by Gasteiger charge is -2.19. The number of aromatic nitrogens is 2. The highest BCUT2D eigenvalue weighted by atomic mass is 32.2. The molecule has 0 spiro atoms. The second-order valence-corrected chi connectivity index (χ2v) is 5.19. The minimum atomic E-state index is -0.0704. The van der Waals surface area contributed by atoms with Crippen LogP contribution in [0.2, 0.25) is 0 Å². The molecule has 0 unspecified atom stereocenters. The van der Waals surface area contributed by atoms with Crippen molar-refractivity contribution >= 4 is 17.4 Å². The third kappa shape index (κ3) is 3.01. The van der Waals surface area contributed by atoms with Gasteiger partial charge in [0.05, 0.1) is 18.0 Å². The molecule has 94 valence electrons. The van der Waals surface area contributed by atoms with Crippen molar-refractivity contribution in [3.05, 3.63) is 21.6 Å². The lowest BCUT2D eigenvalue weighted by Crippen LogP contribution is -2.25. The number of anilines is 1. The molecule has 0 saturated heterocycles. The summed E-state index contributed by atoms with van der Waals surface area (Å²) in [5, 5.41) is 18.6. The summed E-state index contributed by atoms with van der Waals surface area (Å²) in [6.45, 7) is 1.12. The molecule has 0 fully saturated rings. The predicted molar refractivity (Wildman–Crippen MR) is 69.8 cm³/mol. The third-order valence-electron chi connectivity index (χ3n) is 2.78. The maximum Gasteiger partial charge on any atom is 0.269 e. The Kier molecular flexibility index (Phi) is 4.44. The molecule has 1 aromatic rings. The number of aryl methyl sites for hydroxylation is 1. The van der Waals surface area contributed by atoms with Crippen LogP contribution in [0.1, 0.15) is 17.7 Å². The number of rotatable bonds is 5. The van der Waals surface area contributed by atoms with Gasteiger partial charge in [-0.25, -0.2) is 5.10 Å².